The summed E-state index contributed by atoms with van der Waals surface area (Å²) in [5.74, 6) is 0.591. The van der Waals surface area contributed by atoms with E-state index >= 15 is 0 Å². The third-order valence-electron chi connectivity index (χ3n) is 4.00. The molecular formula is C20H21N3O2S. The molecule has 1 N–H and O–H groups in total. The van der Waals surface area contributed by atoms with E-state index in [2.05, 4.69) is 36.3 Å². The fraction of sp³-hybridized carbons (Fsp3) is 0.250. The first kappa shape index (κ1) is 18.1. The fourth-order valence-electron chi connectivity index (χ4n) is 2.41. The summed E-state index contributed by atoms with van der Waals surface area (Å²) < 4.78 is 5.15. The van der Waals surface area contributed by atoms with Gasteiger partial charge < -0.3 is 4.74 Å². The highest BCUT2D eigenvalue weighted by Gasteiger charge is 2.15. The molecule has 134 valence electrons. The predicted molar refractivity (Wildman–Crippen MR) is 105 cm³/mol. The first-order chi connectivity index (χ1) is 12.4. The SMILES string of the molecule is COc1ccc(-c2nnc(NC(=O)c3ccc(C(C)(C)C)cc3)s2)cc1. The van der Waals surface area contributed by atoms with Crippen LogP contribution in [0, 0.1) is 0 Å². The van der Waals surface area contributed by atoms with Crippen molar-refractivity contribution in [1.82, 2.24) is 10.2 Å². The second-order valence-electron chi connectivity index (χ2n) is 6.92. The molecule has 5 nitrogen and oxygen atoms in total. The molecule has 0 fully saturated rings. The standard InChI is InChI=1S/C20H21N3O2S/c1-20(2,3)15-9-5-13(6-10-15)17(24)21-19-23-22-18(26-19)14-7-11-16(25-4)12-8-14/h5-12H,1-4H3,(H,21,23,24). The van der Waals surface area contributed by atoms with Gasteiger partial charge in [0.25, 0.3) is 5.91 Å². The van der Waals surface area contributed by atoms with Gasteiger partial charge in [-0.15, -0.1) is 10.2 Å². The summed E-state index contributed by atoms with van der Waals surface area (Å²) in [5.41, 5.74) is 2.77. The lowest BCUT2D eigenvalue weighted by molar-refractivity contribution is 0.102. The Morgan fingerprint density at radius 2 is 1.65 bits per heavy atom. The van der Waals surface area contributed by atoms with Crippen LogP contribution in [0.4, 0.5) is 5.13 Å². The van der Waals surface area contributed by atoms with Crippen molar-refractivity contribution in [2.75, 3.05) is 12.4 Å². The molecule has 0 atom stereocenters. The molecule has 3 rings (SSSR count). The van der Waals surface area contributed by atoms with Gasteiger partial charge in [0.15, 0.2) is 0 Å². The minimum atomic E-state index is -0.192. The summed E-state index contributed by atoms with van der Waals surface area (Å²) in [6.07, 6.45) is 0. The third kappa shape index (κ3) is 4.08. The quantitative estimate of drug-likeness (QED) is 0.722. The number of nitrogens with one attached hydrogen (secondary N) is 1. The zero-order valence-electron chi connectivity index (χ0n) is 15.2. The maximum atomic E-state index is 12.4. The molecule has 0 aliphatic heterocycles. The van der Waals surface area contributed by atoms with Crippen molar-refractivity contribution in [1.29, 1.82) is 0 Å². The van der Waals surface area contributed by atoms with Gasteiger partial charge >= 0.3 is 0 Å². The summed E-state index contributed by atoms with van der Waals surface area (Å²) in [4.78, 5) is 12.4. The van der Waals surface area contributed by atoms with Crippen molar-refractivity contribution >= 4 is 22.4 Å². The Labute approximate surface area is 157 Å². The number of methoxy groups -OCH3 is 1. The van der Waals surface area contributed by atoms with Crippen molar-refractivity contribution in [2.24, 2.45) is 0 Å². The van der Waals surface area contributed by atoms with E-state index < -0.39 is 0 Å². The molecule has 0 aliphatic carbocycles. The molecule has 0 spiro atoms. The highest BCUT2D eigenvalue weighted by Crippen LogP contribution is 2.28. The molecular weight excluding hydrogens is 346 g/mol. The average molecular weight is 367 g/mol. The number of carbonyl (C=O) groups is 1. The number of hydrogen-bond acceptors (Lipinski definition) is 5. The van der Waals surface area contributed by atoms with Crippen molar-refractivity contribution < 1.29 is 9.53 Å². The lowest BCUT2D eigenvalue weighted by atomic mass is 9.87. The molecule has 6 heteroatoms. The minimum absolute atomic E-state index is 0.0570. The molecule has 0 saturated heterocycles. The number of benzene rings is 2. The van der Waals surface area contributed by atoms with E-state index in [0.717, 1.165) is 16.3 Å². The summed E-state index contributed by atoms with van der Waals surface area (Å²) in [6.45, 7) is 6.43. The van der Waals surface area contributed by atoms with Gasteiger partial charge in [0.05, 0.1) is 7.11 Å². The Kier molecular flexibility index (Phi) is 5.04. The van der Waals surface area contributed by atoms with Gasteiger partial charge in [-0.2, -0.15) is 0 Å². The van der Waals surface area contributed by atoms with Crippen LogP contribution in [0.3, 0.4) is 0 Å². The van der Waals surface area contributed by atoms with E-state index in [1.165, 1.54) is 16.9 Å². The average Bonchev–Trinajstić information content (AvgIpc) is 3.09. The number of hydrogen-bond donors (Lipinski definition) is 1. The number of anilines is 1. The number of amides is 1. The highest BCUT2D eigenvalue weighted by atomic mass is 32.1. The first-order valence-corrected chi connectivity index (χ1v) is 9.08. The van der Waals surface area contributed by atoms with Crippen LogP contribution in [0.1, 0.15) is 36.7 Å². The number of carbonyl (C=O) groups excluding carboxylic acids is 1. The minimum Gasteiger partial charge on any atom is -0.497 e. The maximum absolute atomic E-state index is 12.4. The Balaban J connectivity index is 1.71. The van der Waals surface area contributed by atoms with Crippen molar-refractivity contribution in [3.05, 3.63) is 59.7 Å². The molecule has 0 bridgehead atoms. The molecule has 0 aliphatic rings. The number of aromatic nitrogens is 2. The van der Waals surface area contributed by atoms with E-state index in [4.69, 9.17) is 4.74 Å². The van der Waals surface area contributed by atoms with Crippen LogP contribution in [0.25, 0.3) is 10.6 Å². The van der Waals surface area contributed by atoms with Crippen molar-refractivity contribution in [2.45, 2.75) is 26.2 Å². The van der Waals surface area contributed by atoms with E-state index in [1.807, 2.05) is 48.5 Å². The largest absolute Gasteiger partial charge is 0.497 e. The number of ether oxygens (including phenoxy) is 1. The van der Waals surface area contributed by atoms with Crippen LogP contribution in [-0.4, -0.2) is 23.2 Å². The third-order valence-corrected chi connectivity index (χ3v) is 4.88. The molecule has 26 heavy (non-hydrogen) atoms. The highest BCUT2D eigenvalue weighted by molar-refractivity contribution is 7.18. The monoisotopic (exact) mass is 367 g/mol. The molecule has 0 unspecified atom stereocenters. The van der Waals surface area contributed by atoms with Crippen LogP contribution in [-0.2, 0) is 5.41 Å². The lowest BCUT2D eigenvalue weighted by Gasteiger charge is -2.18. The topological polar surface area (TPSA) is 64.1 Å². The summed E-state index contributed by atoms with van der Waals surface area (Å²) >= 11 is 1.33. The molecule has 3 aromatic rings. The van der Waals surface area contributed by atoms with Gasteiger partial charge in [-0.05, 0) is 47.4 Å². The van der Waals surface area contributed by atoms with Crippen LogP contribution in [0.15, 0.2) is 48.5 Å². The molecule has 1 heterocycles. The first-order valence-electron chi connectivity index (χ1n) is 8.26. The van der Waals surface area contributed by atoms with Gasteiger partial charge in [-0.3, -0.25) is 10.1 Å². The van der Waals surface area contributed by atoms with Crippen LogP contribution >= 0.6 is 11.3 Å². The van der Waals surface area contributed by atoms with E-state index in [0.29, 0.717) is 10.7 Å². The molecule has 2 aromatic carbocycles. The van der Waals surface area contributed by atoms with E-state index in [9.17, 15) is 4.79 Å². The van der Waals surface area contributed by atoms with Gasteiger partial charge in [0.2, 0.25) is 5.13 Å². The zero-order valence-corrected chi connectivity index (χ0v) is 16.1. The fourth-order valence-corrected chi connectivity index (χ4v) is 3.16. The summed E-state index contributed by atoms with van der Waals surface area (Å²) in [7, 11) is 1.63. The van der Waals surface area contributed by atoms with E-state index in [-0.39, 0.29) is 11.3 Å². The van der Waals surface area contributed by atoms with Crippen molar-refractivity contribution in [3.8, 4) is 16.3 Å². The van der Waals surface area contributed by atoms with Crippen LogP contribution in [0.2, 0.25) is 0 Å². The smallest absolute Gasteiger partial charge is 0.257 e. The Bertz CT molecular complexity index is 894. The summed E-state index contributed by atoms with van der Waals surface area (Å²) in [6, 6.07) is 15.2. The summed E-state index contributed by atoms with van der Waals surface area (Å²) in [5, 5.41) is 12.2. The molecule has 1 aromatic heterocycles. The molecule has 0 radical (unpaired) electrons. The van der Waals surface area contributed by atoms with Crippen molar-refractivity contribution in [3.63, 3.8) is 0 Å². The van der Waals surface area contributed by atoms with Crippen LogP contribution < -0.4 is 10.1 Å². The molecule has 1 amide bonds. The normalized spacial score (nSPS) is 11.2. The second kappa shape index (κ2) is 7.25. The van der Waals surface area contributed by atoms with E-state index in [1.54, 1.807) is 7.11 Å². The Hall–Kier alpha value is -2.73. The Morgan fingerprint density at radius 1 is 1.00 bits per heavy atom. The van der Waals surface area contributed by atoms with Gasteiger partial charge in [0, 0.05) is 11.1 Å². The Morgan fingerprint density at radius 3 is 2.23 bits per heavy atom. The van der Waals surface area contributed by atoms with Crippen LogP contribution in [0.5, 0.6) is 5.75 Å². The van der Waals surface area contributed by atoms with Gasteiger partial charge in [0.1, 0.15) is 10.8 Å². The maximum Gasteiger partial charge on any atom is 0.257 e. The number of nitrogens with zero attached hydrogens (tertiary/aromatic N) is 2. The lowest BCUT2D eigenvalue weighted by Crippen LogP contribution is -2.14. The molecule has 0 saturated carbocycles. The van der Waals surface area contributed by atoms with Gasteiger partial charge in [-0.25, -0.2) is 0 Å². The predicted octanol–water partition coefficient (Wildman–Crippen LogP) is 4.76. The van der Waals surface area contributed by atoms with Gasteiger partial charge in [-0.1, -0.05) is 44.2 Å². The second-order valence-corrected chi connectivity index (χ2v) is 7.90. The number of rotatable bonds is 4. The zero-order chi connectivity index (χ0) is 18.7.